The van der Waals surface area contributed by atoms with Gasteiger partial charge in [-0.2, -0.15) is 0 Å². The van der Waals surface area contributed by atoms with Crippen LogP contribution in [0.15, 0.2) is 18.2 Å². The van der Waals surface area contributed by atoms with E-state index >= 15 is 0 Å². The van der Waals surface area contributed by atoms with E-state index in [9.17, 15) is 0 Å². The second-order valence-corrected chi connectivity index (χ2v) is 4.48. The predicted molar refractivity (Wildman–Crippen MR) is 69.1 cm³/mol. The van der Waals surface area contributed by atoms with E-state index < -0.39 is 0 Å². The highest BCUT2D eigenvalue weighted by Crippen LogP contribution is 2.27. The van der Waals surface area contributed by atoms with Gasteiger partial charge in [0.05, 0.1) is 7.11 Å². The van der Waals surface area contributed by atoms with Gasteiger partial charge in [-0.15, -0.1) is 0 Å². The van der Waals surface area contributed by atoms with Crippen LogP contribution in [0.3, 0.4) is 0 Å². The highest BCUT2D eigenvalue weighted by atomic mass is 16.5. The molecule has 0 heterocycles. The molecule has 0 aromatic heterocycles. The molecule has 0 bridgehead atoms. The van der Waals surface area contributed by atoms with Gasteiger partial charge < -0.3 is 10.5 Å². The van der Waals surface area contributed by atoms with E-state index in [0.29, 0.717) is 5.92 Å². The summed E-state index contributed by atoms with van der Waals surface area (Å²) in [6.07, 6.45) is 3.38. The molecule has 0 fully saturated rings. The number of ether oxygens (including phenoxy) is 1. The van der Waals surface area contributed by atoms with Gasteiger partial charge >= 0.3 is 0 Å². The van der Waals surface area contributed by atoms with Gasteiger partial charge in [-0.1, -0.05) is 26.0 Å². The molecule has 16 heavy (non-hydrogen) atoms. The van der Waals surface area contributed by atoms with E-state index in [1.54, 1.807) is 7.11 Å². The van der Waals surface area contributed by atoms with Crippen molar-refractivity contribution < 1.29 is 4.74 Å². The van der Waals surface area contributed by atoms with Gasteiger partial charge in [0, 0.05) is 0 Å². The third kappa shape index (κ3) is 3.53. The van der Waals surface area contributed by atoms with Crippen LogP contribution < -0.4 is 10.5 Å². The Morgan fingerprint density at radius 3 is 2.56 bits per heavy atom. The topological polar surface area (TPSA) is 35.2 Å². The fourth-order valence-corrected chi connectivity index (χ4v) is 1.86. The van der Waals surface area contributed by atoms with E-state index in [1.807, 2.05) is 0 Å². The summed E-state index contributed by atoms with van der Waals surface area (Å²) in [7, 11) is 1.73. The molecule has 2 nitrogen and oxygen atoms in total. The average Bonchev–Trinajstić information content (AvgIpc) is 2.29. The molecule has 1 aromatic carbocycles. The van der Waals surface area contributed by atoms with Gasteiger partial charge in [-0.25, -0.2) is 0 Å². The summed E-state index contributed by atoms with van der Waals surface area (Å²) in [6, 6.07) is 6.49. The lowest BCUT2D eigenvalue weighted by Crippen LogP contribution is -2.00. The fourth-order valence-electron chi connectivity index (χ4n) is 1.86. The molecule has 0 saturated carbocycles. The van der Waals surface area contributed by atoms with E-state index in [2.05, 4.69) is 32.0 Å². The van der Waals surface area contributed by atoms with E-state index in [0.717, 1.165) is 25.1 Å². The standard InChI is InChI=1S/C14H23NO/c1-11(2)13-10-12(6-4-5-9-15)7-8-14(13)16-3/h7-8,10-11H,4-6,9,15H2,1-3H3. The SMILES string of the molecule is COc1ccc(CCCCN)cc1C(C)C. The van der Waals surface area contributed by atoms with Crippen molar-refractivity contribution in [1.29, 1.82) is 0 Å². The van der Waals surface area contributed by atoms with Crippen LogP contribution in [0, 0.1) is 0 Å². The van der Waals surface area contributed by atoms with Crippen LogP contribution in [-0.4, -0.2) is 13.7 Å². The second kappa shape index (κ2) is 6.54. The summed E-state index contributed by atoms with van der Waals surface area (Å²) in [5.41, 5.74) is 8.18. The quantitative estimate of drug-likeness (QED) is 0.749. The number of aryl methyl sites for hydroxylation is 1. The lowest BCUT2D eigenvalue weighted by Gasteiger charge is -2.13. The predicted octanol–water partition coefficient (Wildman–Crippen LogP) is 3.10. The zero-order valence-electron chi connectivity index (χ0n) is 10.6. The van der Waals surface area contributed by atoms with Gasteiger partial charge in [-0.05, 0) is 48.9 Å². The minimum Gasteiger partial charge on any atom is -0.496 e. The maximum absolute atomic E-state index is 5.50. The van der Waals surface area contributed by atoms with E-state index in [4.69, 9.17) is 10.5 Å². The van der Waals surface area contributed by atoms with Crippen LogP contribution in [0.1, 0.15) is 43.7 Å². The first kappa shape index (κ1) is 13.0. The maximum Gasteiger partial charge on any atom is 0.122 e. The Balaban J connectivity index is 2.77. The van der Waals surface area contributed by atoms with Gasteiger partial charge in [0.15, 0.2) is 0 Å². The molecule has 2 heteroatoms. The first-order valence-electron chi connectivity index (χ1n) is 6.06. The molecule has 0 unspecified atom stereocenters. The molecule has 0 aliphatic carbocycles. The lowest BCUT2D eigenvalue weighted by molar-refractivity contribution is 0.407. The monoisotopic (exact) mass is 221 g/mol. The fraction of sp³-hybridized carbons (Fsp3) is 0.571. The van der Waals surface area contributed by atoms with Crippen LogP contribution in [0.5, 0.6) is 5.75 Å². The largest absolute Gasteiger partial charge is 0.496 e. The summed E-state index contributed by atoms with van der Waals surface area (Å²) < 4.78 is 5.37. The summed E-state index contributed by atoms with van der Waals surface area (Å²) in [5.74, 6) is 1.50. The van der Waals surface area contributed by atoms with Crippen molar-refractivity contribution in [2.24, 2.45) is 5.73 Å². The van der Waals surface area contributed by atoms with Crippen molar-refractivity contribution in [1.82, 2.24) is 0 Å². The Labute approximate surface area is 98.8 Å². The smallest absolute Gasteiger partial charge is 0.122 e. The third-order valence-corrected chi connectivity index (χ3v) is 2.84. The minimum absolute atomic E-state index is 0.504. The van der Waals surface area contributed by atoms with Crippen LogP contribution in [0.25, 0.3) is 0 Å². The number of nitrogens with two attached hydrogens (primary N) is 1. The molecule has 0 atom stereocenters. The summed E-state index contributed by atoms with van der Waals surface area (Å²) in [5, 5.41) is 0. The molecule has 0 spiro atoms. The second-order valence-electron chi connectivity index (χ2n) is 4.48. The van der Waals surface area contributed by atoms with Crippen molar-refractivity contribution in [3.05, 3.63) is 29.3 Å². The van der Waals surface area contributed by atoms with Gasteiger partial charge in [-0.3, -0.25) is 0 Å². The first-order valence-corrected chi connectivity index (χ1v) is 6.06. The molecule has 0 aliphatic heterocycles. The van der Waals surface area contributed by atoms with Gasteiger partial charge in [0.25, 0.3) is 0 Å². The van der Waals surface area contributed by atoms with Crippen molar-refractivity contribution in [2.45, 2.75) is 39.0 Å². The molecule has 2 N–H and O–H groups in total. The number of benzene rings is 1. The molecular formula is C14H23NO. The normalized spacial score (nSPS) is 10.8. The summed E-state index contributed by atoms with van der Waals surface area (Å²) in [6.45, 7) is 5.18. The number of hydrogen-bond acceptors (Lipinski definition) is 2. The zero-order chi connectivity index (χ0) is 12.0. The van der Waals surface area contributed by atoms with Crippen molar-refractivity contribution in [3.63, 3.8) is 0 Å². The molecular weight excluding hydrogens is 198 g/mol. The maximum atomic E-state index is 5.50. The molecule has 0 radical (unpaired) electrons. The minimum atomic E-state index is 0.504. The molecule has 0 saturated heterocycles. The molecule has 90 valence electrons. The molecule has 0 aliphatic rings. The number of rotatable bonds is 6. The average molecular weight is 221 g/mol. The van der Waals surface area contributed by atoms with Crippen molar-refractivity contribution in [3.8, 4) is 5.75 Å². The highest BCUT2D eigenvalue weighted by Gasteiger charge is 2.07. The third-order valence-electron chi connectivity index (χ3n) is 2.84. The van der Waals surface area contributed by atoms with E-state index in [-0.39, 0.29) is 0 Å². The Kier molecular flexibility index (Phi) is 5.33. The Morgan fingerprint density at radius 2 is 2.00 bits per heavy atom. The first-order chi connectivity index (χ1) is 7.69. The Morgan fingerprint density at radius 1 is 1.25 bits per heavy atom. The Hall–Kier alpha value is -1.02. The van der Waals surface area contributed by atoms with Crippen molar-refractivity contribution >= 4 is 0 Å². The molecule has 1 aromatic rings. The van der Waals surface area contributed by atoms with Crippen LogP contribution in [0.2, 0.25) is 0 Å². The summed E-state index contributed by atoms with van der Waals surface area (Å²) >= 11 is 0. The molecule has 1 rings (SSSR count). The summed E-state index contributed by atoms with van der Waals surface area (Å²) in [4.78, 5) is 0. The number of methoxy groups -OCH3 is 1. The van der Waals surface area contributed by atoms with Gasteiger partial charge in [0.2, 0.25) is 0 Å². The van der Waals surface area contributed by atoms with Crippen LogP contribution >= 0.6 is 0 Å². The molecule has 0 amide bonds. The van der Waals surface area contributed by atoms with Crippen LogP contribution in [0.4, 0.5) is 0 Å². The van der Waals surface area contributed by atoms with Crippen molar-refractivity contribution in [2.75, 3.05) is 13.7 Å². The zero-order valence-corrected chi connectivity index (χ0v) is 10.6. The lowest BCUT2D eigenvalue weighted by atomic mass is 9.97. The van der Waals surface area contributed by atoms with Crippen LogP contribution in [-0.2, 0) is 6.42 Å². The Bertz CT molecular complexity index is 321. The number of unbranched alkanes of at least 4 members (excludes halogenated alkanes) is 1. The van der Waals surface area contributed by atoms with Gasteiger partial charge in [0.1, 0.15) is 5.75 Å². The highest BCUT2D eigenvalue weighted by molar-refractivity contribution is 5.39. The number of hydrogen-bond donors (Lipinski definition) is 1. The van der Waals surface area contributed by atoms with E-state index in [1.165, 1.54) is 17.5 Å².